The lowest BCUT2D eigenvalue weighted by Crippen LogP contribution is -2.48. The third kappa shape index (κ3) is 7.13. The molecule has 11 rings (SSSR count). The predicted molar refractivity (Wildman–Crippen MR) is 261 cm³/mol. The maximum absolute atomic E-state index is 14.3. The molecule has 66 heavy (non-hydrogen) atoms. The third-order valence-corrected chi connectivity index (χ3v) is 15.3. The van der Waals surface area contributed by atoms with E-state index in [4.69, 9.17) is 14.2 Å². The van der Waals surface area contributed by atoms with Crippen molar-refractivity contribution in [1.29, 1.82) is 0 Å². The Bertz CT molecular complexity index is 3170. The third-order valence-electron chi connectivity index (χ3n) is 12.8. The lowest BCUT2D eigenvalue weighted by Gasteiger charge is -2.39. The van der Waals surface area contributed by atoms with Crippen LogP contribution in [0.25, 0.3) is 10.8 Å². The van der Waals surface area contributed by atoms with Gasteiger partial charge in [-0.15, -0.1) is 0 Å². The van der Waals surface area contributed by atoms with Gasteiger partial charge >= 0.3 is 11.9 Å². The summed E-state index contributed by atoms with van der Waals surface area (Å²) in [6.07, 6.45) is 0. The molecule has 8 aromatic carbocycles. The van der Waals surface area contributed by atoms with E-state index in [1.54, 1.807) is 18.2 Å². The van der Waals surface area contributed by atoms with Gasteiger partial charge in [0.25, 0.3) is 5.91 Å². The number of esters is 2. The summed E-state index contributed by atoms with van der Waals surface area (Å²) in [7, 11) is 2.95. The molecule has 10 heteroatoms. The van der Waals surface area contributed by atoms with Crippen LogP contribution in [-0.4, -0.2) is 63.0 Å². The summed E-state index contributed by atoms with van der Waals surface area (Å²) in [5.74, 6) is 0.293. The number of benzene rings is 8. The van der Waals surface area contributed by atoms with E-state index in [1.165, 1.54) is 0 Å². The average molecular weight is 886 g/mol. The molecule has 8 aromatic rings. The van der Waals surface area contributed by atoms with Gasteiger partial charge in [-0.25, -0.2) is 9.59 Å². The minimum absolute atomic E-state index is 0.00967. The lowest BCUT2D eigenvalue weighted by molar-refractivity contribution is 0.0224. The molecule has 0 aromatic heterocycles. The molecule has 1 amide bonds. The molecule has 0 aliphatic carbocycles. The van der Waals surface area contributed by atoms with Crippen LogP contribution in [0.4, 0.5) is 11.4 Å². The van der Waals surface area contributed by atoms with Gasteiger partial charge in [-0.3, -0.25) is 4.79 Å². The van der Waals surface area contributed by atoms with Crippen molar-refractivity contribution in [2.24, 2.45) is 0 Å². The van der Waals surface area contributed by atoms with Crippen molar-refractivity contribution < 1.29 is 28.6 Å². The Morgan fingerprint density at radius 1 is 0.621 bits per heavy atom. The SMILES string of the molecule is CN(C)c1ccc2cc(C(=O)N3CCN(c4ccc5c(c4)Oc4cc(OC(=O)c6ccccc6P(c6ccccc6)c6ccccc6)ccc4C54OC(=O)c5ccccc54)CC3)ccc2c1. The fraction of sp³-hybridized carbons (Fsp3) is 0.125. The van der Waals surface area contributed by atoms with Gasteiger partial charge in [0.05, 0.1) is 11.1 Å². The highest BCUT2D eigenvalue weighted by molar-refractivity contribution is 7.80. The van der Waals surface area contributed by atoms with E-state index in [9.17, 15) is 14.4 Å². The highest BCUT2D eigenvalue weighted by atomic mass is 31.1. The number of carbonyl (C=O) groups excluding carboxylic acids is 3. The number of anilines is 2. The minimum atomic E-state index is -1.30. The molecule has 1 spiro atoms. The summed E-state index contributed by atoms with van der Waals surface area (Å²) < 4.78 is 19.4. The van der Waals surface area contributed by atoms with Crippen molar-refractivity contribution in [3.8, 4) is 17.2 Å². The zero-order valence-corrected chi connectivity index (χ0v) is 37.3. The quantitative estimate of drug-likeness (QED) is 0.0848. The molecule has 324 valence electrons. The highest BCUT2D eigenvalue weighted by Gasteiger charge is 2.53. The number of fused-ring (bicyclic) bond motifs is 7. The van der Waals surface area contributed by atoms with E-state index in [1.807, 2.05) is 140 Å². The Morgan fingerprint density at radius 3 is 2.00 bits per heavy atom. The Balaban J connectivity index is 0.884. The van der Waals surface area contributed by atoms with Crippen LogP contribution in [0.2, 0.25) is 0 Å². The fourth-order valence-corrected chi connectivity index (χ4v) is 11.9. The summed E-state index contributed by atoms with van der Waals surface area (Å²) in [6.45, 7) is 2.32. The monoisotopic (exact) mass is 885 g/mol. The van der Waals surface area contributed by atoms with Crippen LogP contribution in [0, 0.1) is 0 Å². The molecule has 3 heterocycles. The Morgan fingerprint density at radius 2 is 1.26 bits per heavy atom. The smallest absolute Gasteiger partial charge is 0.344 e. The van der Waals surface area contributed by atoms with Gasteiger partial charge in [-0.1, -0.05) is 109 Å². The van der Waals surface area contributed by atoms with Crippen LogP contribution in [0.15, 0.2) is 182 Å². The van der Waals surface area contributed by atoms with Crippen LogP contribution < -0.4 is 35.2 Å². The molecular weight excluding hydrogens is 842 g/mol. The summed E-state index contributed by atoms with van der Waals surface area (Å²) >= 11 is 0. The number of carbonyl (C=O) groups is 3. The fourth-order valence-electron chi connectivity index (χ4n) is 9.48. The molecule has 1 unspecified atom stereocenters. The molecule has 1 saturated heterocycles. The van der Waals surface area contributed by atoms with Crippen molar-refractivity contribution in [1.82, 2.24) is 4.90 Å². The molecule has 3 aliphatic heterocycles. The van der Waals surface area contributed by atoms with Crippen LogP contribution >= 0.6 is 7.92 Å². The number of piperazine rings is 1. The molecule has 3 aliphatic rings. The van der Waals surface area contributed by atoms with Crippen LogP contribution in [0.1, 0.15) is 47.8 Å². The topological polar surface area (TPSA) is 88.6 Å². The van der Waals surface area contributed by atoms with E-state index in [-0.39, 0.29) is 11.7 Å². The Labute approximate surface area is 384 Å². The van der Waals surface area contributed by atoms with Crippen LogP contribution in [-0.2, 0) is 10.3 Å². The van der Waals surface area contributed by atoms with Gasteiger partial charge in [0.15, 0.2) is 5.60 Å². The average Bonchev–Trinajstić information content (AvgIpc) is 3.65. The summed E-state index contributed by atoms with van der Waals surface area (Å²) in [6, 6.07) is 58.9. The van der Waals surface area contributed by atoms with Crippen molar-refractivity contribution in [2.75, 3.05) is 50.1 Å². The van der Waals surface area contributed by atoms with E-state index in [2.05, 4.69) is 52.3 Å². The molecule has 0 saturated carbocycles. The number of ether oxygens (including phenoxy) is 3. The van der Waals surface area contributed by atoms with Crippen molar-refractivity contribution in [2.45, 2.75) is 5.60 Å². The predicted octanol–water partition coefficient (Wildman–Crippen LogP) is 9.41. The number of hydrogen-bond acceptors (Lipinski definition) is 8. The summed E-state index contributed by atoms with van der Waals surface area (Å²) in [5.41, 5.74) is 4.36. The van der Waals surface area contributed by atoms with Gasteiger partial charge < -0.3 is 28.9 Å². The molecule has 1 atom stereocenters. The first-order valence-electron chi connectivity index (χ1n) is 22.0. The first kappa shape index (κ1) is 41.0. The second-order valence-electron chi connectivity index (χ2n) is 16.9. The van der Waals surface area contributed by atoms with Crippen LogP contribution in [0.3, 0.4) is 0 Å². The van der Waals surface area contributed by atoms with Gasteiger partial charge in [-0.05, 0) is 95.3 Å². The molecule has 0 radical (unpaired) electrons. The van der Waals surface area contributed by atoms with E-state index in [0.29, 0.717) is 71.1 Å². The lowest BCUT2D eigenvalue weighted by atomic mass is 9.77. The van der Waals surface area contributed by atoms with Gasteiger partial charge in [0, 0.05) is 86.0 Å². The van der Waals surface area contributed by atoms with Crippen LogP contribution in [0.5, 0.6) is 17.2 Å². The van der Waals surface area contributed by atoms with Crippen molar-refractivity contribution >= 4 is 63.8 Å². The molecule has 0 N–H and O–H groups in total. The molecule has 9 nitrogen and oxygen atoms in total. The maximum Gasteiger partial charge on any atom is 0.344 e. The maximum atomic E-state index is 14.3. The van der Waals surface area contributed by atoms with E-state index in [0.717, 1.165) is 38.1 Å². The van der Waals surface area contributed by atoms with Gasteiger partial charge in [0.1, 0.15) is 17.2 Å². The zero-order chi connectivity index (χ0) is 44.9. The first-order valence-corrected chi connectivity index (χ1v) is 23.4. The minimum Gasteiger partial charge on any atom is -0.456 e. The Kier molecular flexibility index (Phi) is 10.4. The summed E-state index contributed by atoms with van der Waals surface area (Å²) in [5, 5.41) is 5.24. The van der Waals surface area contributed by atoms with Gasteiger partial charge in [0.2, 0.25) is 0 Å². The second-order valence-corrected chi connectivity index (χ2v) is 19.1. The normalized spacial score (nSPS) is 16.0. The second kappa shape index (κ2) is 16.7. The number of hydrogen-bond donors (Lipinski definition) is 0. The molecular formula is C56H44N3O6P. The van der Waals surface area contributed by atoms with Crippen molar-refractivity contribution in [3.05, 3.63) is 215 Å². The van der Waals surface area contributed by atoms with E-state index >= 15 is 0 Å². The zero-order valence-electron chi connectivity index (χ0n) is 36.4. The van der Waals surface area contributed by atoms with Gasteiger partial charge in [-0.2, -0.15) is 0 Å². The highest BCUT2D eigenvalue weighted by Crippen LogP contribution is 2.57. The van der Waals surface area contributed by atoms with Crippen molar-refractivity contribution in [3.63, 3.8) is 0 Å². The molecule has 0 bridgehead atoms. The van der Waals surface area contributed by atoms with E-state index < -0.39 is 25.5 Å². The number of nitrogens with zero attached hydrogens (tertiary/aromatic N) is 3. The largest absolute Gasteiger partial charge is 0.456 e. The Hall–Kier alpha value is -7.74. The number of amides is 1. The standard InChI is InChI=1S/C56H44N3O6P/c1-57(2)40-24-23-37-33-39(22-21-38(37)34-40)53(60)59-31-29-58(30-32-59)41-25-27-48-50(35-41)64-51-36-42(26-28-49(51)56(48)47-19-11-9-17-45(47)55(62)65-56)63-54(61)46-18-10-12-20-52(46)66(43-13-5-3-6-14-43)44-15-7-4-8-16-44/h3-28,33-36H,29-32H2,1-2H3. The first-order chi connectivity index (χ1) is 32.2. The number of rotatable bonds is 8. The molecule has 1 fully saturated rings. The summed E-state index contributed by atoms with van der Waals surface area (Å²) in [4.78, 5) is 48.0.